The van der Waals surface area contributed by atoms with Crippen LogP contribution < -0.4 is 5.32 Å². The second kappa shape index (κ2) is 6.80. The van der Waals surface area contributed by atoms with E-state index in [-0.39, 0.29) is 17.2 Å². The number of nitrogens with zero attached hydrogens (tertiary/aromatic N) is 1. The number of urea groups is 1. The van der Waals surface area contributed by atoms with E-state index in [4.69, 9.17) is 0 Å². The normalized spacial score (nSPS) is 18.6. The highest BCUT2D eigenvalue weighted by molar-refractivity contribution is 7.99. The van der Waals surface area contributed by atoms with Crippen LogP contribution in [0.25, 0.3) is 0 Å². The maximum atomic E-state index is 13.8. The summed E-state index contributed by atoms with van der Waals surface area (Å²) in [5.74, 6) is 0.605. The highest BCUT2D eigenvalue weighted by Crippen LogP contribution is 2.38. The van der Waals surface area contributed by atoms with Crippen molar-refractivity contribution in [1.29, 1.82) is 0 Å². The molecule has 0 saturated carbocycles. The fourth-order valence-corrected chi connectivity index (χ4v) is 3.36. The quantitative estimate of drug-likeness (QED) is 0.859. The maximum Gasteiger partial charge on any atom is 0.318 e. The molecule has 0 aromatic heterocycles. The van der Waals surface area contributed by atoms with Crippen LogP contribution in [0.3, 0.4) is 0 Å². The molecule has 0 spiro atoms. The number of thioether (sulfide) groups is 1. The number of rotatable bonds is 4. The third kappa shape index (κ3) is 3.41. The predicted octanol–water partition coefficient (Wildman–Crippen LogP) is 3.38. The van der Waals surface area contributed by atoms with Crippen molar-refractivity contribution in [3.8, 4) is 0 Å². The molecule has 1 aromatic rings. The first-order valence-electron chi connectivity index (χ1n) is 6.64. The average Bonchev–Trinajstić information content (AvgIpc) is 2.88. The number of benzene rings is 1. The summed E-state index contributed by atoms with van der Waals surface area (Å²) < 4.78 is 13.8. The lowest BCUT2D eigenvalue weighted by atomic mass is 10.2. The smallest absolute Gasteiger partial charge is 0.318 e. The van der Waals surface area contributed by atoms with E-state index in [9.17, 15) is 9.18 Å². The highest BCUT2D eigenvalue weighted by atomic mass is 32.2. The molecule has 2 rings (SSSR count). The van der Waals surface area contributed by atoms with Crippen LogP contribution in [0.1, 0.15) is 30.7 Å². The number of hydrogen-bond acceptors (Lipinski definition) is 2. The summed E-state index contributed by atoms with van der Waals surface area (Å²) >= 11 is 1.61. The lowest BCUT2D eigenvalue weighted by molar-refractivity contribution is 0.199. The average molecular weight is 282 g/mol. The summed E-state index contributed by atoms with van der Waals surface area (Å²) in [6.07, 6.45) is 2.02. The summed E-state index contributed by atoms with van der Waals surface area (Å²) in [5.41, 5.74) is 0.593. The molecule has 1 aliphatic rings. The molecule has 19 heavy (non-hydrogen) atoms. The lowest BCUT2D eigenvalue weighted by Crippen LogP contribution is -2.40. The molecule has 0 bridgehead atoms. The van der Waals surface area contributed by atoms with Crippen molar-refractivity contribution >= 4 is 17.8 Å². The van der Waals surface area contributed by atoms with Crippen LogP contribution >= 0.6 is 11.8 Å². The van der Waals surface area contributed by atoms with Crippen LogP contribution in [0.2, 0.25) is 0 Å². The monoisotopic (exact) mass is 282 g/mol. The topological polar surface area (TPSA) is 32.3 Å². The van der Waals surface area contributed by atoms with Gasteiger partial charge in [0.2, 0.25) is 0 Å². The van der Waals surface area contributed by atoms with Crippen molar-refractivity contribution in [3.05, 3.63) is 35.6 Å². The predicted molar refractivity (Wildman–Crippen MR) is 76.6 cm³/mol. The van der Waals surface area contributed by atoms with Gasteiger partial charge in [-0.25, -0.2) is 9.18 Å². The minimum atomic E-state index is -0.242. The summed E-state index contributed by atoms with van der Waals surface area (Å²) in [6.45, 7) is 3.43. The van der Waals surface area contributed by atoms with Gasteiger partial charge in [-0.1, -0.05) is 31.5 Å². The van der Waals surface area contributed by atoms with E-state index >= 15 is 0 Å². The molecular formula is C14H19FN2OS. The SMILES string of the molecule is CCCCNC(=O)N1CCS[C@@H]1c1ccccc1F. The Bertz CT molecular complexity index is 441. The van der Waals surface area contributed by atoms with Gasteiger partial charge in [0.1, 0.15) is 11.2 Å². The fourth-order valence-electron chi connectivity index (χ4n) is 2.08. The van der Waals surface area contributed by atoms with Gasteiger partial charge >= 0.3 is 6.03 Å². The van der Waals surface area contributed by atoms with E-state index in [1.54, 1.807) is 28.8 Å². The molecule has 0 aliphatic carbocycles. The first-order valence-corrected chi connectivity index (χ1v) is 7.69. The zero-order valence-electron chi connectivity index (χ0n) is 11.1. The van der Waals surface area contributed by atoms with E-state index in [1.165, 1.54) is 6.07 Å². The summed E-state index contributed by atoms with van der Waals surface area (Å²) in [5, 5.41) is 2.69. The van der Waals surface area contributed by atoms with Gasteiger partial charge in [-0.05, 0) is 12.5 Å². The van der Waals surface area contributed by atoms with E-state index in [1.807, 2.05) is 6.07 Å². The van der Waals surface area contributed by atoms with Gasteiger partial charge < -0.3 is 10.2 Å². The third-order valence-electron chi connectivity index (χ3n) is 3.13. The minimum Gasteiger partial charge on any atom is -0.338 e. The first-order chi connectivity index (χ1) is 9.24. The number of hydrogen-bond donors (Lipinski definition) is 1. The Morgan fingerprint density at radius 1 is 1.53 bits per heavy atom. The van der Waals surface area contributed by atoms with Crippen molar-refractivity contribution in [3.63, 3.8) is 0 Å². The fraction of sp³-hybridized carbons (Fsp3) is 0.500. The molecule has 0 unspecified atom stereocenters. The zero-order chi connectivity index (χ0) is 13.7. The lowest BCUT2D eigenvalue weighted by Gasteiger charge is -2.24. The summed E-state index contributed by atoms with van der Waals surface area (Å²) in [4.78, 5) is 13.8. The maximum absolute atomic E-state index is 13.8. The van der Waals surface area contributed by atoms with Gasteiger partial charge in [0.05, 0.1) is 0 Å². The Kier molecular flexibility index (Phi) is 5.07. The molecule has 0 radical (unpaired) electrons. The van der Waals surface area contributed by atoms with Gasteiger partial charge in [-0.2, -0.15) is 0 Å². The number of carbonyl (C=O) groups excluding carboxylic acids is 1. The molecule has 1 N–H and O–H groups in total. The Labute approximate surface area is 117 Å². The van der Waals surface area contributed by atoms with Gasteiger partial charge in [-0.3, -0.25) is 0 Å². The van der Waals surface area contributed by atoms with Gasteiger partial charge in [0.25, 0.3) is 0 Å². The largest absolute Gasteiger partial charge is 0.338 e. The Hall–Kier alpha value is -1.23. The van der Waals surface area contributed by atoms with Crippen LogP contribution in [-0.2, 0) is 0 Å². The molecule has 1 aromatic carbocycles. The molecule has 1 aliphatic heterocycles. The third-order valence-corrected chi connectivity index (χ3v) is 4.37. The molecule has 3 nitrogen and oxygen atoms in total. The standard InChI is InChI=1S/C14H19FN2OS/c1-2-3-8-16-14(18)17-9-10-19-13(17)11-6-4-5-7-12(11)15/h4-7,13H,2-3,8-10H2,1H3,(H,16,18)/t13-/m1/s1. The molecule has 1 atom stereocenters. The van der Waals surface area contributed by atoms with Gasteiger partial charge in [0.15, 0.2) is 0 Å². The van der Waals surface area contributed by atoms with Crippen LogP contribution in [0, 0.1) is 5.82 Å². The van der Waals surface area contributed by atoms with Crippen molar-refractivity contribution in [1.82, 2.24) is 10.2 Å². The molecule has 104 valence electrons. The van der Waals surface area contributed by atoms with Crippen molar-refractivity contribution in [2.24, 2.45) is 0 Å². The summed E-state index contributed by atoms with van der Waals surface area (Å²) in [7, 11) is 0. The van der Waals surface area contributed by atoms with Crippen LogP contribution in [0.4, 0.5) is 9.18 Å². The van der Waals surface area contributed by atoms with Crippen LogP contribution in [0.15, 0.2) is 24.3 Å². The second-order valence-electron chi connectivity index (χ2n) is 4.52. The zero-order valence-corrected chi connectivity index (χ0v) is 11.9. The van der Waals surface area contributed by atoms with Crippen LogP contribution in [0.5, 0.6) is 0 Å². The minimum absolute atomic E-state index is 0.0910. The molecule has 1 saturated heterocycles. The molecule has 1 heterocycles. The Morgan fingerprint density at radius 2 is 2.32 bits per heavy atom. The van der Waals surface area contributed by atoms with Crippen molar-refractivity contribution in [2.45, 2.75) is 25.1 Å². The van der Waals surface area contributed by atoms with E-state index in [2.05, 4.69) is 12.2 Å². The van der Waals surface area contributed by atoms with Crippen LogP contribution in [-0.4, -0.2) is 29.8 Å². The Balaban J connectivity index is 2.05. The molecular weight excluding hydrogens is 263 g/mol. The molecule has 1 fully saturated rings. The van der Waals surface area contributed by atoms with Crippen molar-refractivity contribution in [2.75, 3.05) is 18.8 Å². The highest BCUT2D eigenvalue weighted by Gasteiger charge is 2.31. The number of carbonyl (C=O) groups is 1. The van der Waals surface area contributed by atoms with E-state index in [0.29, 0.717) is 18.7 Å². The molecule has 5 heteroatoms. The first kappa shape index (κ1) is 14.2. The number of unbranched alkanes of at least 4 members (excludes halogenated alkanes) is 1. The van der Waals surface area contributed by atoms with Gasteiger partial charge in [0, 0.05) is 24.4 Å². The van der Waals surface area contributed by atoms with E-state index < -0.39 is 0 Å². The number of halogens is 1. The summed E-state index contributed by atoms with van der Waals surface area (Å²) in [6, 6.07) is 6.59. The number of nitrogens with one attached hydrogen (secondary N) is 1. The Morgan fingerprint density at radius 3 is 3.05 bits per heavy atom. The van der Waals surface area contributed by atoms with E-state index in [0.717, 1.165) is 18.6 Å². The molecule has 2 amide bonds. The number of amides is 2. The second-order valence-corrected chi connectivity index (χ2v) is 5.71. The van der Waals surface area contributed by atoms with Crippen molar-refractivity contribution < 1.29 is 9.18 Å². The van der Waals surface area contributed by atoms with Gasteiger partial charge in [-0.15, -0.1) is 11.8 Å².